The lowest BCUT2D eigenvalue weighted by Gasteiger charge is -2.55. The number of benzene rings is 2. The van der Waals surface area contributed by atoms with Crippen LogP contribution in [0.5, 0.6) is 0 Å². The first-order valence-electron chi connectivity index (χ1n) is 10.7. The van der Waals surface area contributed by atoms with Crippen LogP contribution in [0, 0.1) is 5.41 Å². The summed E-state index contributed by atoms with van der Waals surface area (Å²) in [7, 11) is 0. The van der Waals surface area contributed by atoms with E-state index in [4.69, 9.17) is 0 Å². The third-order valence-electron chi connectivity index (χ3n) is 5.71. The maximum absolute atomic E-state index is 15.4. The van der Waals surface area contributed by atoms with Crippen molar-refractivity contribution in [3.05, 3.63) is 71.8 Å². The van der Waals surface area contributed by atoms with Gasteiger partial charge in [0.15, 0.2) is 0 Å². The first-order valence-corrected chi connectivity index (χ1v) is 10.7. The van der Waals surface area contributed by atoms with Crippen LogP contribution in [0.15, 0.2) is 60.7 Å². The zero-order chi connectivity index (χ0) is 23.6. The molecule has 0 spiro atoms. The molecule has 1 fully saturated rings. The number of likely N-dealkylation sites (tertiary alicyclic amines) is 1. The quantitative estimate of drug-likeness (QED) is 0.651. The predicted molar refractivity (Wildman–Crippen MR) is 118 cm³/mol. The number of hydrogen-bond acceptors (Lipinski definition) is 4. The maximum atomic E-state index is 15.4. The molecular formula is C25H30F2N2O3. The number of nitrogens with zero attached hydrogens (tertiary/aromatic N) is 1. The fraction of sp³-hybridized carbons (Fsp3) is 0.440. The van der Waals surface area contributed by atoms with Crippen LogP contribution in [-0.2, 0) is 14.3 Å². The second-order valence-corrected chi connectivity index (χ2v) is 9.21. The van der Waals surface area contributed by atoms with E-state index in [2.05, 4.69) is 10.1 Å². The highest BCUT2D eigenvalue weighted by molar-refractivity contribution is 5.86. The van der Waals surface area contributed by atoms with Crippen LogP contribution in [0.3, 0.4) is 0 Å². The highest BCUT2D eigenvalue weighted by Gasteiger charge is 2.67. The SMILES string of the molecule is CCOC(=O)C(F)(F)C1(NC(=O)C(C)(C)C)CN(C(c2ccccc2)c2ccccc2)C1. The molecule has 1 aliphatic heterocycles. The maximum Gasteiger partial charge on any atom is 0.379 e. The van der Waals surface area contributed by atoms with E-state index in [0.29, 0.717) is 0 Å². The number of amides is 1. The Morgan fingerprint density at radius 2 is 1.47 bits per heavy atom. The van der Waals surface area contributed by atoms with Gasteiger partial charge < -0.3 is 10.1 Å². The van der Waals surface area contributed by atoms with Crippen molar-refractivity contribution >= 4 is 11.9 Å². The summed E-state index contributed by atoms with van der Waals surface area (Å²) in [4.78, 5) is 26.8. The van der Waals surface area contributed by atoms with Crippen LogP contribution >= 0.6 is 0 Å². The van der Waals surface area contributed by atoms with E-state index in [-0.39, 0.29) is 25.7 Å². The van der Waals surface area contributed by atoms with Crippen LogP contribution in [0.1, 0.15) is 44.9 Å². The van der Waals surface area contributed by atoms with Crippen molar-refractivity contribution in [2.24, 2.45) is 5.41 Å². The topological polar surface area (TPSA) is 58.6 Å². The minimum absolute atomic E-state index is 0.169. The molecule has 172 valence electrons. The number of alkyl halides is 2. The zero-order valence-corrected chi connectivity index (χ0v) is 18.9. The van der Waals surface area contributed by atoms with Gasteiger partial charge in [-0.25, -0.2) is 4.79 Å². The molecule has 5 nitrogen and oxygen atoms in total. The summed E-state index contributed by atoms with van der Waals surface area (Å²) >= 11 is 0. The van der Waals surface area contributed by atoms with Gasteiger partial charge in [0.25, 0.3) is 0 Å². The number of hydrogen-bond donors (Lipinski definition) is 1. The van der Waals surface area contributed by atoms with Crippen molar-refractivity contribution in [2.45, 2.75) is 45.2 Å². The van der Waals surface area contributed by atoms with Gasteiger partial charge in [-0.05, 0) is 18.1 Å². The summed E-state index contributed by atoms with van der Waals surface area (Å²) in [6.07, 6.45) is 0. The number of esters is 1. The molecule has 1 heterocycles. The van der Waals surface area contributed by atoms with Crippen molar-refractivity contribution in [3.8, 4) is 0 Å². The van der Waals surface area contributed by atoms with Gasteiger partial charge in [-0.15, -0.1) is 0 Å². The summed E-state index contributed by atoms with van der Waals surface area (Å²) in [6.45, 7) is 5.84. The molecule has 32 heavy (non-hydrogen) atoms. The molecule has 7 heteroatoms. The molecule has 0 aromatic heterocycles. The van der Waals surface area contributed by atoms with E-state index in [1.807, 2.05) is 65.6 Å². The van der Waals surface area contributed by atoms with Gasteiger partial charge in [0, 0.05) is 18.5 Å². The van der Waals surface area contributed by atoms with E-state index in [0.717, 1.165) is 11.1 Å². The Hall–Kier alpha value is -2.80. The van der Waals surface area contributed by atoms with Gasteiger partial charge in [-0.3, -0.25) is 9.69 Å². The molecule has 1 N–H and O–H groups in total. The van der Waals surface area contributed by atoms with E-state index >= 15 is 8.78 Å². The van der Waals surface area contributed by atoms with Crippen molar-refractivity contribution in [2.75, 3.05) is 19.7 Å². The average molecular weight is 445 g/mol. The summed E-state index contributed by atoms with van der Waals surface area (Å²) in [5, 5.41) is 2.51. The molecule has 0 radical (unpaired) electrons. The van der Waals surface area contributed by atoms with E-state index < -0.39 is 28.8 Å². The first-order chi connectivity index (χ1) is 15.0. The van der Waals surface area contributed by atoms with E-state index in [1.165, 1.54) is 6.92 Å². The van der Waals surface area contributed by atoms with Crippen LogP contribution in [-0.4, -0.2) is 47.9 Å². The molecule has 0 atom stereocenters. The Morgan fingerprint density at radius 1 is 1.00 bits per heavy atom. The van der Waals surface area contributed by atoms with Crippen LogP contribution in [0.2, 0.25) is 0 Å². The first kappa shape index (κ1) is 23.9. The summed E-state index contributed by atoms with van der Waals surface area (Å²) in [5.41, 5.74) is -1.07. The molecule has 2 aromatic rings. The number of carbonyl (C=O) groups excluding carboxylic acids is 2. The van der Waals surface area contributed by atoms with Crippen molar-refractivity contribution in [3.63, 3.8) is 0 Å². The number of ether oxygens (including phenoxy) is 1. The van der Waals surface area contributed by atoms with Gasteiger partial charge in [-0.2, -0.15) is 8.78 Å². The third kappa shape index (κ3) is 4.53. The summed E-state index contributed by atoms with van der Waals surface area (Å²) in [5.74, 6) is -6.04. The lowest BCUT2D eigenvalue weighted by atomic mass is 9.78. The number of nitrogens with one attached hydrogen (secondary N) is 1. The Kier molecular flexibility index (Phi) is 6.69. The fourth-order valence-electron chi connectivity index (χ4n) is 3.89. The second kappa shape index (κ2) is 8.98. The van der Waals surface area contributed by atoms with Crippen LogP contribution < -0.4 is 5.32 Å². The molecular weight excluding hydrogens is 414 g/mol. The molecule has 0 saturated carbocycles. The zero-order valence-electron chi connectivity index (χ0n) is 18.9. The highest BCUT2D eigenvalue weighted by atomic mass is 19.3. The molecule has 0 unspecified atom stereocenters. The van der Waals surface area contributed by atoms with Gasteiger partial charge in [-0.1, -0.05) is 81.4 Å². The third-order valence-corrected chi connectivity index (χ3v) is 5.71. The van der Waals surface area contributed by atoms with Crippen LogP contribution in [0.4, 0.5) is 8.78 Å². The molecule has 0 aliphatic carbocycles. The molecule has 1 amide bonds. The van der Waals surface area contributed by atoms with E-state index in [9.17, 15) is 9.59 Å². The Labute approximate surface area is 187 Å². The fourth-order valence-corrected chi connectivity index (χ4v) is 3.89. The number of carbonyl (C=O) groups is 2. The van der Waals surface area contributed by atoms with Gasteiger partial charge in [0.05, 0.1) is 12.6 Å². The lowest BCUT2D eigenvalue weighted by molar-refractivity contribution is -0.204. The Morgan fingerprint density at radius 3 is 1.88 bits per heavy atom. The van der Waals surface area contributed by atoms with Crippen molar-refractivity contribution in [1.82, 2.24) is 10.2 Å². The number of halogens is 2. The average Bonchev–Trinajstić information content (AvgIpc) is 2.72. The molecule has 0 bridgehead atoms. The summed E-state index contributed by atoms with van der Waals surface area (Å²) in [6, 6.07) is 18.8. The van der Waals surface area contributed by atoms with Crippen molar-refractivity contribution in [1.29, 1.82) is 0 Å². The lowest BCUT2D eigenvalue weighted by Crippen LogP contribution is -2.80. The second-order valence-electron chi connectivity index (χ2n) is 9.21. The molecule has 2 aromatic carbocycles. The molecule has 1 saturated heterocycles. The number of rotatable bonds is 7. The predicted octanol–water partition coefficient (Wildman–Crippen LogP) is 4.19. The monoisotopic (exact) mass is 444 g/mol. The minimum Gasteiger partial charge on any atom is -0.461 e. The van der Waals surface area contributed by atoms with Crippen molar-refractivity contribution < 1.29 is 23.1 Å². The molecule has 1 aliphatic rings. The standard InChI is InChI=1S/C25H30F2N2O3/c1-5-32-22(31)25(26,27)24(28-21(30)23(2,3)4)16-29(17-24)20(18-12-8-6-9-13-18)19-14-10-7-11-15-19/h6-15,20H,5,16-17H2,1-4H3,(H,28,30). The summed E-state index contributed by atoms with van der Waals surface area (Å²) < 4.78 is 35.4. The van der Waals surface area contributed by atoms with Gasteiger partial charge in [0.2, 0.25) is 5.91 Å². The smallest absolute Gasteiger partial charge is 0.379 e. The Balaban J connectivity index is 1.97. The van der Waals surface area contributed by atoms with Gasteiger partial charge in [0.1, 0.15) is 5.54 Å². The minimum atomic E-state index is -3.88. The largest absolute Gasteiger partial charge is 0.461 e. The van der Waals surface area contributed by atoms with Crippen LogP contribution in [0.25, 0.3) is 0 Å². The van der Waals surface area contributed by atoms with Gasteiger partial charge >= 0.3 is 11.9 Å². The normalized spacial score (nSPS) is 16.3. The molecule has 3 rings (SSSR count). The van der Waals surface area contributed by atoms with E-state index in [1.54, 1.807) is 20.8 Å². The highest BCUT2D eigenvalue weighted by Crippen LogP contribution is 2.44. The Bertz CT molecular complexity index is 897.